The fourth-order valence-corrected chi connectivity index (χ4v) is 1.57. The molecule has 21 heavy (non-hydrogen) atoms. The number of halogens is 1. The summed E-state index contributed by atoms with van der Waals surface area (Å²) in [4.78, 5) is 22.5. The van der Waals surface area contributed by atoms with Crippen LogP contribution in [0.4, 0.5) is 9.18 Å². The average Bonchev–Trinajstić information content (AvgIpc) is 2.80. The molecular weight excluding hydrogens is 279 g/mol. The molecule has 1 heterocycles. The predicted molar refractivity (Wildman–Crippen MR) is 74.7 cm³/mol. The van der Waals surface area contributed by atoms with Gasteiger partial charge in [-0.3, -0.25) is 9.48 Å². The first-order valence-electron chi connectivity index (χ1n) is 6.32. The number of carbonyl (C=O) groups excluding carboxylic acids is 1. The molecule has 116 valence electrons. The van der Waals surface area contributed by atoms with Gasteiger partial charge in [0, 0.05) is 18.3 Å². The second-order valence-electron chi connectivity index (χ2n) is 5.50. The minimum Gasteiger partial charge on any atom is -0.465 e. The highest BCUT2D eigenvalue weighted by atomic mass is 19.1. The number of rotatable bonds is 5. The van der Waals surface area contributed by atoms with Crippen molar-refractivity contribution in [2.45, 2.75) is 32.9 Å². The molecule has 1 aromatic heterocycles. The third-order valence-corrected chi connectivity index (χ3v) is 2.41. The molecule has 0 saturated carbocycles. The summed E-state index contributed by atoms with van der Waals surface area (Å²) in [5.41, 5.74) is 0.0287. The van der Waals surface area contributed by atoms with Crippen molar-refractivity contribution < 1.29 is 19.1 Å². The molecule has 0 atom stereocenters. The van der Waals surface area contributed by atoms with Crippen LogP contribution in [0.1, 0.15) is 31.3 Å². The van der Waals surface area contributed by atoms with Crippen LogP contribution in [0.25, 0.3) is 0 Å². The summed E-state index contributed by atoms with van der Waals surface area (Å²) in [6.07, 6.45) is 0.488. The van der Waals surface area contributed by atoms with Gasteiger partial charge in [-0.15, -0.1) is 0 Å². The maximum absolute atomic E-state index is 12.8. The van der Waals surface area contributed by atoms with Crippen molar-refractivity contribution in [3.05, 3.63) is 29.9 Å². The van der Waals surface area contributed by atoms with Crippen LogP contribution in [0, 0.1) is 0 Å². The molecule has 1 aromatic rings. The fraction of sp³-hybridized carbons (Fsp3) is 0.462. The SMILES string of the molecule is CC(C)(C)NC(=O)c1ccnn1C/C(=C/F)CNC(=O)O. The number of hydrogen-bond donors (Lipinski definition) is 3. The Kier molecular flexibility index (Phi) is 5.45. The van der Waals surface area contributed by atoms with Gasteiger partial charge in [0.1, 0.15) is 5.69 Å². The van der Waals surface area contributed by atoms with Crippen LogP contribution in [-0.2, 0) is 6.54 Å². The van der Waals surface area contributed by atoms with Gasteiger partial charge in [-0.05, 0) is 32.4 Å². The van der Waals surface area contributed by atoms with Crippen molar-refractivity contribution in [1.82, 2.24) is 20.4 Å². The van der Waals surface area contributed by atoms with Crippen LogP contribution in [0.15, 0.2) is 24.2 Å². The van der Waals surface area contributed by atoms with Crippen LogP contribution in [0.2, 0.25) is 0 Å². The van der Waals surface area contributed by atoms with Crippen molar-refractivity contribution in [2.75, 3.05) is 6.54 Å². The molecular formula is C13H19FN4O3. The lowest BCUT2D eigenvalue weighted by Crippen LogP contribution is -2.41. The zero-order valence-electron chi connectivity index (χ0n) is 12.2. The third kappa shape index (κ3) is 5.64. The Labute approximate surface area is 121 Å². The van der Waals surface area contributed by atoms with Crippen LogP contribution in [-0.4, -0.2) is 39.0 Å². The molecule has 0 spiro atoms. The normalized spacial score (nSPS) is 12.1. The van der Waals surface area contributed by atoms with E-state index < -0.39 is 11.6 Å². The molecule has 3 N–H and O–H groups in total. The summed E-state index contributed by atoms with van der Waals surface area (Å²) in [6.45, 7) is 5.34. The monoisotopic (exact) mass is 298 g/mol. The Hall–Kier alpha value is -2.38. The van der Waals surface area contributed by atoms with E-state index in [9.17, 15) is 14.0 Å². The van der Waals surface area contributed by atoms with E-state index in [1.807, 2.05) is 20.8 Å². The lowest BCUT2D eigenvalue weighted by atomic mass is 10.1. The van der Waals surface area contributed by atoms with Gasteiger partial charge in [-0.1, -0.05) is 0 Å². The van der Waals surface area contributed by atoms with Crippen molar-refractivity contribution in [1.29, 1.82) is 0 Å². The van der Waals surface area contributed by atoms with Gasteiger partial charge in [0.05, 0.1) is 12.9 Å². The number of nitrogens with one attached hydrogen (secondary N) is 2. The van der Waals surface area contributed by atoms with E-state index in [0.717, 1.165) is 0 Å². The molecule has 2 amide bonds. The highest BCUT2D eigenvalue weighted by Crippen LogP contribution is 2.07. The number of aromatic nitrogens is 2. The number of amides is 2. The first-order chi connectivity index (χ1) is 9.73. The molecule has 0 aromatic carbocycles. The van der Waals surface area contributed by atoms with Gasteiger partial charge in [0.15, 0.2) is 0 Å². The molecule has 0 bridgehead atoms. The Balaban J connectivity index is 2.79. The second kappa shape index (κ2) is 6.87. The van der Waals surface area contributed by atoms with Crippen molar-refractivity contribution in [3.63, 3.8) is 0 Å². The van der Waals surface area contributed by atoms with E-state index in [-0.39, 0.29) is 30.3 Å². The highest BCUT2D eigenvalue weighted by Gasteiger charge is 2.19. The molecule has 0 aliphatic heterocycles. The quantitative estimate of drug-likeness (QED) is 0.768. The molecule has 0 aliphatic rings. The minimum absolute atomic E-state index is 0.0172. The molecule has 0 radical (unpaired) electrons. The molecule has 0 fully saturated rings. The van der Waals surface area contributed by atoms with E-state index in [2.05, 4.69) is 15.7 Å². The van der Waals surface area contributed by atoms with Crippen LogP contribution in [0.5, 0.6) is 0 Å². The molecule has 0 aliphatic carbocycles. The fourth-order valence-electron chi connectivity index (χ4n) is 1.57. The summed E-state index contributed by atoms with van der Waals surface area (Å²) in [5, 5.41) is 17.3. The second-order valence-corrected chi connectivity index (χ2v) is 5.50. The van der Waals surface area contributed by atoms with Gasteiger partial charge in [-0.25, -0.2) is 9.18 Å². The Bertz CT molecular complexity index is 546. The van der Waals surface area contributed by atoms with Gasteiger partial charge in [-0.2, -0.15) is 5.10 Å². The number of carboxylic acid groups (broad SMARTS) is 1. The largest absolute Gasteiger partial charge is 0.465 e. The van der Waals surface area contributed by atoms with Crippen molar-refractivity contribution in [3.8, 4) is 0 Å². The van der Waals surface area contributed by atoms with Gasteiger partial charge >= 0.3 is 6.09 Å². The average molecular weight is 298 g/mol. The summed E-state index contributed by atoms with van der Waals surface area (Å²) in [5.74, 6) is -0.329. The standard InChI is InChI=1S/C13H19FN4O3/c1-13(2,3)17-11(19)10-4-5-16-18(10)8-9(6-14)7-15-12(20)21/h4-6,15H,7-8H2,1-3H3,(H,17,19)(H,20,21)/b9-6+. The van der Waals surface area contributed by atoms with E-state index in [1.54, 1.807) is 0 Å². The lowest BCUT2D eigenvalue weighted by Gasteiger charge is -2.20. The highest BCUT2D eigenvalue weighted by molar-refractivity contribution is 5.92. The van der Waals surface area contributed by atoms with Crippen LogP contribution < -0.4 is 10.6 Å². The summed E-state index contributed by atoms with van der Waals surface area (Å²) in [6, 6.07) is 1.52. The smallest absolute Gasteiger partial charge is 0.404 e. The molecule has 0 unspecified atom stereocenters. The predicted octanol–water partition coefficient (Wildman–Crippen LogP) is 1.53. The number of carbonyl (C=O) groups is 2. The first-order valence-corrected chi connectivity index (χ1v) is 6.32. The minimum atomic E-state index is -1.25. The zero-order chi connectivity index (χ0) is 16.0. The Morgan fingerprint density at radius 1 is 1.48 bits per heavy atom. The topological polar surface area (TPSA) is 96.3 Å². The number of hydrogen-bond acceptors (Lipinski definition) is 3. The van der Waals surface area contributed by atoms with Gasteiger partial charge < -0.3 is 15.7 Å². The van der Waals surface area contributed by atoms with Crippen LogP contribution >= 0.6 is 0 Å². The first kappa shape index (κ1) is 16.7. The van der Waals surface area contributed by atoms with Crippen molar-refractivity contribution in [2.24, 2.45) is 0 Å². The Morgan fingerprint density at radius 3 is 2.67 bits per heavy atom. The molecule has 8 heteroatoms. The van der Waals surface area contributed by atoms with Gasteiger partial charge in [0.2, 0.25) is 0 Å². The van der Waals surface area contributed by atoms with E-state index in [0.29, 0.717) is 6.33 Å². The van der Waals surface area contributed by atoms with Crippen LogP contribution in [0.3, 0.4) is 0 Å². The summed E-state index contributed by atoms with van der Waals surface area (Å²) < 4.78 is 14.1. The zero-order valence-corrected chi connectivity index (χ0v) is 12.2. The maximum atomic E-state index is 12.8. The molecule has 0 saturated heterocycles. The van der Waals surface area contributed by atoms with E-state index in [1.165, 1.54) is 16.9 Å². The van der Waals surface area contributed by atoms with E-state index in [4.69, 9.17) is 5.11 Å². The van der Waals surface area contributed by atoms with E-state index >= 15 is 0 Å². The lowest BCUT2D eigenvalue weighted by molar-refractivity contribution is 0.0908. The molecule has 1 rings (SSSR count). The summed E-state index contributed by atoms with van der Waals surface area (Å²) in [7, 11) is 0. The van der Waals surface area contributed by atoms with Gasteiger partial charge in [0.25, 0.3) is 5.91 Å². The third-order valence-electron chi connectivity index (χ3n) is 2.41. The maximum Gasteiger partial charge on any atom is 0.404 e. The summed E-state index contributed by atoms with van der Waals surface area (Å²) >= 11 is 0. The molecule has 7 nitrogen and oxygen atoms in total. The van der Waals surface area contributed by atoms with Crippen molar-refractivity contribution >= 4 is 12.0 Å². The Morgan fingerprint density at radius 2 is 2.14 bits per heavy atom. The number of nitrogens with zero attached hydrogens (tertiary/aromatic N) is 2.